The Hall–Kier alpha value is -4.26. The van der Waals surface area contributed by atoms with Crippen LogP contribution in [0.25, 0.3) is 33.2 Å². The molecule has 3 aromatic carbocycles. The van der Waals surface area contributed by atoms with Gasteiger partial charge in [-0.05, 0) is 49.2 Å². The molecule has 35 heavy (non-hydrogen) atoms. The van der Waals surface area contributed by atoms with Crippen LogP contribution in [0.2, 0.25) is 0 Å². The van der Waals surface area contributed by atoms with Crippen LogP contribution in [0.1, 0.15) is 25.1 Å². The minimum atomic E-state index is -0.166. The lowest BCUT2D eigenvalue weighted by Crippen LogP contribution is -2.21. The number of fused-ring (bicyclic) bond motifs is 3. The molecule has 0 fully saturated rings. The lowest BCUT2D eigenvalue weighted by Gasteiger charge is -2.15. The zero-order chi connectivity index (χ0) is 23.8. The van der Waals surface area contributed by atoms with E-state index >= 15 is 0 Å². The highest BCUT2D eigenvalue weighted by atomic mass is 16.2. The Morgan fingerprint density at radius 3 is 2.37 bits per heavy atom. The molecule has 0 radical (unpaired) electrons. The SMILES string of the molecule is O=C(Cn1c2ccccc2c(=O)c2ccccc21)Nc1cccc(-c2nnc3n2CCCCC3)c1. The second-order valence-electron chi connectivity index (χ2n) is 8.98. The van der Waals surface area contributed by atoms with Gasteiger partial charge in [-0.3, -0.25) is 9.59 Å². The molecule has 7 heteroatoms. The number of aromatic nitrogens is 4. The van der Waals surface area contributed by atoms with E-state index in [9.17, 15) is 9.59 Å². The number of amides is 1. The third-order valence-corrected chi connectivity index (χ3v) is 6.69. The van der Waals surface area contributed by atoms with Gasteiger partial charge in [-0.2, -0.15) is 0 Å². The van der Waals surface area contributed by atoms with Gasteiger partial charge >= 0.3 is 0 Å². The molecule has 174 valence electrons. The van der Waals surface area contributed by atoms with Crippen molar-refractivity contribution in [2.24, 2.45) is 0 Å². The monoisotopic (exact) mass is 463 g/mol. The van der Waals surface area contributed by atoms with Crippen LogP contribution < -0.4 is 10.7 Å². The van der Waals surface area contributed by atoms with E-state index in [1.807, 2.05) is 77.4 Å². The molecule has 0 saturated heterocycles. The van der Waals surface area contributed by atoms with Gasteiger partial charge in [-0.25, -0.2) is 0 Å². The van der Waals surface area contributed by atoms with E-state index in [0.29, 0.717) is 16.5 Å². The number of aryl methyl sites for hydroxylation is 1. The Balaban J connectivity index is 1.32. The van der Waals surface area contributed by atoms with Crippen molar-refractivity contribution in [1.82, 2.24) is 19.3 Å². The number of carbonyl (C=O) groups excluding carboxylic acids is 1. The summed E-state index contributed by atoms with van der Waals surface area (Å²) in [5.74, 6) is 1.71. The fraction of sp³-hybridized carbons (Fsp3) is 0.214. The Morgan fingerprint density at radius 1 is 0.857 bits per heavy atom. The van der Waals surface area contributed by atoms with Crippen molar-refractivity contribution in [2.75, 3.05) is 5.32 Å². The smallest absolute Gasteiger partial charge is 0.244 e. The van der Waals surface area contributed by atoms with Crippen LogP contribution >= 0.6 is 0 Å². The zero-order valence-electron chi connectivity index (χ0n) is 19.3. The number of nitrogens with zero attached hydrogens (tertiary/aromatic N) is 4. The number of hydrogen-bond donors (Lipinski definition) is 1. The number of para-hydroxylation sites is 2. The molecule has 1 amide bonds. The Kier molecular flexibility index (Phi) is 5.37. The average molecular weight is 464 g/mol. The summed E-state index contributed by atoms with van der Waals surface area (Å²) in [5, 5.41) is 13.1. The van der Waals surface area contributed by atoms with Crippen molar-refractivity contribution in [1.29, 1.82) is 0 Å². The van der Waals surface area contributed by atoms with E-state index in [1.165, 1.54) is 6.42 Å². The molecule has 7 nitrogen and oxygen atoms in total. The van der Waals surface area contributed by atoms with Crippen molar-refractivity contribution in [3.05, 3.63) is 88.8 Å². The van der Waals surface area contributed by atoms with Crippen molar-refractivity contribution in [3.8, 4) is 11.4 Å². The van der Waals surface area contributed by atoms with E-state index in [2.05, 4.69) is 20.1 Å². The quantitative estimate of drug-likeness (QED) is 0.389. The third-order valence-electron chi connectivity index (χ3n) is 6.69. The Morgan fingerprint density at radius 2 is 1.60 bits per heavy atom. The second-order valence-corrected chi connectivity index (χ2v) is 8.98. The number of benzene rings is 3. The largest absolute Gasteiger partial charge is 0.331 e. The first-order chi connectivity index (χ1) is 17.2. The van der Waals surface area contributed by atoms with E-state index in [0.717, 1.165) is 54.1 Å². The molecule has 5 aromatic rings. The van der Waals surface area contributed by atoms with E-state index in [1.54, 1.807) is 0 Å². The molecule has 6 rings (SSSR count). The maximum atomic E-state index is 13.2. The van der Waals surface area contributed by atoms with Crippen LogP contribution in [-0.2, 0) is 24.3 Å². The average Bonchev–Trinajstić information content (AvgIpc) is 3.15. The minimum absolute atomic E-state index is 0.0204. The molecule has 1 aliphatic heterocycles. The van der Waals surface area contributed by atoms with Crippen molar-refractivity contribution in [3.63, 3.8) is 0 Å². The first kappa shape index (κ1) is 21.3. The van der Waals surface area contributed by atoms with Gasteiger partial charge in [-0.1, -0.05) is 42.8 Å². The van der Waals surface area contributed by atoms with Crippen molar-refractivity contribution >= 4 is 33.4 Å². The minimum Gasteiger partial charge on any atom is -0.331 e. The van der Waals surface area contributed by atoms with Crippen LogP contribution in [0.3, 0.4) is 0 Å². The van der Waals surface area contributed by atoms with E-state index in [-0.39, 0.29) is 17.9 Å². The maximum Gasteiger partial charge on any atom is 0.244 e. The van der Waals surface area contributed by atoms with Crippen molar-refractivity contribution < 1.29 is 4.79 Å². The van der Waals surface area contributed by atoms with Gasteiger partial charge in [0.2, 0.25) is 5.91 Å². The molecular weight excluding hydrogens is 438 g/mol. The van der Waals surface area contributed by atoms with Crippen molar-refractivity contribution in [2.45, 2.75) is 38.8 Å². The summed E-state index contributed by atoms with van der Waals surface area (Å²) >= 11 is 0. The van der Waals surface area contributed by atoms with Crippen LogP contribution in [-0.4, -0.2) is 25.2 Å². The molecule has 0 spiro atoms. The lowest BCUT2D eigenvalue weighted by atomic mass is 10.1. The Bertz CT molecular complexity index is 1570. The normalized spacial score (nSPS) is 13.5. The fourth-order valence-electron chi connectivity index (χ4n) is 5.03. The third kappa shape index (κ3) is 3.89. The predicted molar refractivity (Wildman–Crippen MR) is 137 cm³/mol. The summed E-state index contributed by atoms with van der Waals surface area (Å²) in [6.45, 7) is 1.01. The van der Waals surface area contributed by atoms with E-state index in [4.69, 9.17) is 0 Å². The molecular formula is C28H25N5O2. The maximum absolute atomic E-state index is 13.2. The summed E-state index contributed by atoms with van der Waals surface area (Å²) in [6.07, 6.45) is 4.41. The van der Waals surface area contributed by atoms with Gasteiger partial charge in [0.15, 0.2) is 11.3 Å². The molecule has 0 bridgehead atoms. The topological polar surface area (TPSA) is 81.8 Å². The van der Waals surface area contributed by atoms with Crippen LogP contribution in [0, 0.1) is 0 Å². The number of carbonyl (C=O) groups is 1. The number of anilines is 1. The summed E-state index contributed by atoms with van der Waals surface area (Å²) in [5.41, 5.74) is 3.10. The van der Waals surface area contributed by atoms with Gasteiger partial charge in [0.25, 0.3) is 0 Å². The predicted octanol–water partition coefficient (Wildman–Crippen LogP) is 4.78. The fourth-order valence-corrected chi connectivity index (χ4v) is 5.03. The Labute approximate surface area is 202 Å². The number of rotatable bonds is 4. The van der Waals surface area contributed by atoms with Gasteiger partial charge in [-0.15, -0.1) is 10.2 Å². The van der Waals surface area contributed by atoms with Gasteiger partial charge < -0.3 is 14.5 Å². The summed E-state index contributed by atoms with van der Waals surface area (Å²) in [4.78, 5) is 26.2. The summed E-state index contributed by atoms with van der Waals surface area (Å²) in [6, 6.07) is 22.6. The molecule has 1 aliphatic rings. The van der Waals surface area contributed by atoms with Crippen LogP contribution in [0.5, 0.6) is 0 Å². The zero-order valence-corrected chi connectivity index (χ0v) is 19.3. The molecule has 2 aromatic heterocycles. The highest BCUT2D eigenvalue weighted by Gasteiger charge is 2.17. The molecule has 0 saturated carbocycles. The van der Waals surface area contributed by atoms with Crippen LogP contribution in [0.4, 0.5) is 5.69 Å². The number of pyridine rings is 1. The van der Waals surface area contributed by atoms with Crippen LogP contribution in [0.15, 0.2) is 77.6 Å². The lowest BCUT2D eigenvalue weighted by molar-refractivity contribution is -0.116. The highest BCUT2D eigenvalue weighted by molar-refractivity contribution is 5.97. The second kappa shape index (κ2) is 8.83. The summed E-state index contributed by atoms with van der Waals surface area (Å²) in [7, 11) is 0. The molecule has 0 atom stereocenters. The highest BCUT2D eigenvalue weighted by Crippen LogP contribution is 2.25. The first-order valence-electron chi connectivity index (χ1n) is 12.0. The molecule has 0 aliphatic carbocycles. The first-order valence-corrected chi connectivity index (χ1v) is 12.0. The molecule has 3 heterocycles. The van der Waals surface area contributed by atoms with Gasteiger partial charge in [0, 0.05) is 35.0 Å². The number of hydrogen-bond acceptors (Lipinski definition) is 4. The summed E-state index contributed by atoms with van der Waals surface area (Å²) < 4.78 is 4.11. The standard InChI is InChI=1S/C28H25N5O2/c34-26(18-33-23-13-5-3-11-21(23)27(35)22-12-4-6-14-24(22)33)29-20-10-8-9-19(17-20)28-31-30-25-15-2-1-7-16-32(25)28/h3-6,8-14,17H,1-2,7,15-16,18H2,(H,29,34). The van der Waals surface area contributed by atoms with Gasteiger partial charge in [0.1, 0.15) is 12.4 Å². The van der Waals surface area contributed by atoms with E-state index < -0.39 is 0 Å². The molecule has 0 unspecified atom stereocenters. The number of nitrogens with one attached hydrogen (secondary N) is 1. The molecule has 1 N–H and O–H groups in total. The van der Waals surface area contributed by atoms with Gasteiger partial charge in [0.05, 0.1) is 11.0 Å².